The molecule has 0 aliphatic heterocycles. The fraction of sp³-hybridized carbons (Fsp3) is 0.545. The second kappa shape index (κ2) is 6.34. The molecule has 0 saturated heterocycles. The van der Waals surface area contributed by atoms with Crippen LogP contribution in [0.25, 0.3) is 0 Å². The molecule has 7 heteroatoms. The van der Waals surface area contributed by atoms with Crippen LogP contribution in [0.2, 0.25) is 0 Å². The molecule has 0 fully saturated rings. The number of rotatable bonds is 6. The van der Waals surface area contributed by atoms with Crippen molar-refractivity contribution in [3.63, 3.8) is 0 Å². The SMILES string of the molecule is CC(C)(CC(=O)O)NC(=O)NCCc1cscn1. The predicted molar refractivity (Wildman–Crippen MR) is 68.7 cm³/mol. The number of nitrogens with one attached hydrogen (secondary N) is 2. The summed E-state index contributed by atoms with van der Waals surface area (Å²) in [6.07, 6.45) is 0.544. The molecule has 0 radical (unpaired) electrons. The molecule has 0 aliphatic rings. The highest BCUT2D eigenvalue weighted by Crippen LogP contribution is 2.07. The lowest BCUT2D eigenvalue weighted by Crippen LogP contribution is -2.49. The third kappa shape index (κ3) is 5.62. The first-order valence-corrected chi connectivity index (χ1v) is 6.48. The molecule has 0 spiro atoms. The third-order valence-electron chi connectivity index (χ3n) is 2.20. The van der Waals surface area contributed by atoms with E-state index in [0.717, 1.165) is 5.69 Å². The van der Waals surface area contributed by atoms with Crippen molar-refractivity contribution in [1.82, 2.24) is 15.6 Å². The van der Waals surface area contributed by atoms with Crippen molar-refractivity contribution >= 4 is 23.3 Å². The second-order valence-electron chi connectivity index (χ2n) is 4.57. The Kier molecular flexibility index (Phi) is 5.08. The summed E-state index contributed by atoms with van der Waals surface area (Å²) < 4.78 is 0. The van der Waals surface area contributed by atoms with Crippen LogP contribution in [-0.2, 0) is 11.2 Å². The number of amides is 2. The van der Waals surface area contributed by atoms with Gasteiger partial charge in [0.1, 0.15) is 0 Å². The highest BCUT2D eigenvalue weighted by atomic mass is 32.1. The first kappa shape index (κ1) is 14.4. The molecular formula is C11H17N3O3S. The van der Waals surface area contributed by atoms with Gasteiger partial charge in [-0.15, -0.1) is 11.3 Å². The Morgan fingerprint density at radius 2 is 2.22 bits per heavy atom. The van der Waals surface area contributed by atoms with Gasteiger partial charge >= 0.3 is 12.0 Å². The fourth-order valence-electron chi connectivity index (χ4n) is 1.44. The Morgan fingerprint density at radius 3 is 2.78 bits per heavy atom. The Hall–Kier alpha value is -1.63. The van der Waals surface area contributed by atoms with E-state index < -0.39 is 11.5 Å². The zero-order valence-electron chi connectivity index (χ0n) is 10.4. The van der Waals surface area contributed by atoms with Crippen molar-refractivity contribution in [3.8, 4) is 0 Å². The first-order valence-electron chi connectivity index (χ1n) is 5.54. The van der Waals surface area contributed by atoms with Crippen molar-refractivity contribution in [2.45, 2.75) is 32.2 Å². The number of aliphatic carboxylic acids is 1. The molecule has 0 bridgehead atoms. The molecule has 0 aliphatic carbocycles. The number of hydrogen-bond acceptors (Lipinski definition) is 4. The lowest BCUT2D eigenvalue weighted by atomic mass is 10.0. The molecule has 2 amide bonds. The van der Waals surface area contributed by atoms with E-state index in [1.165, 1.54) is 11.3 Å². The standard InChI is InChI=1S/C11H17N3O3S/c1-11(2,5-9(15)16)14-10(17)12-4-3-8-6-18-7-13-8/h6-7H,3-5H2,1-2H3,(H,15,16)(H2,12,14,17). The molecule has 1 aromatic rings. The number of carbonyl (C=O) groups excluding carboxylic acids is 1. The molecule has 3 N–H and O–H groups in total. The van der Waals surface area contributed by atoms with E-state index in [4.69, 9.17) is 5.11 Å². The van der Waals surface area contributed by atoms with E-state index in [9.17, 15) is 9.59 Å². The largest absolute Gasteiger partial charge is 0.481 e. The summed E-state index contributed by atoms with van der Waals surface area (Å²) in [5, 5.41) is 15.9. The molecule has 0 atom stereocenters. The van der Waals surface area contributed by atoms with Crippen molar-refractivity contribution in [2.75, 3.05) is 6.54 Å². The summed E-state index contributed by atoms with van der Waals surface area (Å²) in [5.41, 5.74) is 1.91. The van der Waals surface area contributed by atoms with E-state index >= 15 is 0 Å². The lowest BCUT2D eigenvalue weighted by molar-refractivity contribution is -0.138. The van der Waals surface area contributed by atoms with Gasteiger partial charge in [0.25, 0.3) is 0 Å². The smallest absolute Gasteiger partial charge is 0.315 e. The van der Waals surface area contributed by atoms with Crippen LogP contribution in [0, 0.1) is 0 Å². The minimum Gasteiger partial charge on any atom is -0.481 e. The molecule has 0 aromatic carbocycles. The summed E-state index contributed by atoms with van der Waals surface area (Å²) in [6.45, 7) is 3.81. The van der Waals surface area contributed by atoms with Crippen molar-refractivity contribution in [2.24, 2.45) is 0 Å². The average Bonchev–Trinajstić information content (AvgIpc) is 2.66. The van der Waals surface area contributed by atoms with Crippen LogP contribution in [0.15, 0.2) is 10.9 Å². The van der Waals surface area contributed by atoms with Crippen LogP contribution in [0.1, 0.15) is 26.0 Å². The maximum atomic E-state index is 11.5. The monoisotopic (exact) mass is 271 g/mol. The number of carboxylic acids is 1. The van der Waals surface area contributed by atoms with Gasteiger partial charge in [-0.05, 0) is 13.8 Å². The minimum absolute atomic E-state index is 0.119. The van der Waals surface area contributed by atoms with Gasteiger partial charge in [-0.3, -0.25) is 4.79 Å². The van der Waals surface area contributed by atoms with E-state index in [0.29, 0.717) is 13.0 Å². The van der Waals surface area contributed by atoms with Gasteiger partial charge in [-0.25, -0.2) is 9.78 Å². The number of carboxylic acid groups (broad SMARTS) is 1. The molecule has 18 heavy (non-hydrogen) atoms. The third-order valence-corrected chi connectivity index (χ3v) is 2.83. The Balaban J connectivity index is 2.26. The van der Waals surface area contributed by atoms with Gasteiger partial charge in [0.2, 0.25) is 0 Å². The van der Waals surface area contributed by atoms with Gasteiger partial charge in [-0.1, -0.05) is 0 Å². The van der Waals surface area contributed by atoms with Gasteiger partial charge < -0.3 is 15.7 Å². The Labute approximate surface area is 109 Å². The molecular weight excluding hydrogens is 254 g/mol. The molecule has 6 nitrogen and oxygen atoms in total. The number of aromatic nitrogens is 1. The molecule has 100 valence electrons. The quantitative estimate of drug-likeness (QED) is 0.726. The van der Waals surface area contributed by atoms with Crippen LogP contribution in [0.5, 0.6) is 0 Å². The maximum Gasteiger partial charge on any atom is 0.315 e. The molecule has 1 heterocycles. The van der Waals surface area contributed by atoms with Crippen LogP contribution < -0.4 is 10.6 Å². The Bertz CT molecular complexity index is 404. The van der Waals surface area contributed by atoms with Crippen LogP contribution in [0.3, 0.4) is 0 Å². The molecule has 0 unspecified atom stereocenters. The zero-order valence-corrected chi connectivity index (χ0v) is 11.2. The van der Waals surface area contributed by atoms with Crippen LogP contribution >= 0.6 is 11.3 Å². The van der Waals surface area contributed by atoms with Gasteiger partial charge in [0.05, 0.1) is 17.6 Å². The van der Waals surface area contributed by atoms with Gasteiger partial charge in [-0.2, -0.15) is 0 Å². The van der Waals surface area contributed by atoms with E-state index in [2.05, 4.69) is 15.6 Å². The first-order chi connectivity index (χ1) is 8.39. The number of urea groups is 1. The Morgan fingerprint density at radius 1 is 1.50 bits per heavy atom. The summed E-state index contributed by atoms with van der Waals surface area (Å²) in [5.74, 6) is -0.942. The lowest BCUT2D eigenvalue weighted by Gasteiger charge is -2.24. The second-order valence-corrected chi connectivity index (χ2v) is 5.28. The van der Waals surface area contributed by atoms with Crippen molar-refractivity contribution in [3.05, 3.63) is 16.6 Å². The van der Waals surface area contributed by atoms with Crippen molar-refractivity contribution < 1.29 is 14.7 Å². The summed E-state index contributed by atoms with van der Waals surface area (Å²) >= 11 is 1.51. The molecule has 0 saturated carbocycles. The summed E-state index contributed by atoms with van der Waals surface area (Å²) in [4.78, 5) is 26.2. The number of carbonyl (C=O) groups is 2. The van der Waals surface area contributed by atoms with E-state index in [1.54, 1.807) is 19.4 Å². The average molecular weight is 271 g/mol. The zero-order chi connectivity index (χ0) is 13.6. The highest BCUT2D eigenvalue weighted by molar-refractivity contribution is 7.07. The van der Waals surface area contributed by atoms with Crippen LogP contribution in [-0.4, -0.2) is 34.2 Å². The number of hydrogen-bond donors (Lipinski definition) is 3. The van der Waals surface area contributed by atoms with Gasteiger partial charge in [0.15, 0.2) is 0 Å². The molecule has 1 aromatic heterocycles. The van der Waals surface area contributed by atoms with Crippen molar-refractivity contribution in [1.29, 1.82) is 0 Å². The van der Waals surface area contributed by atoms with E-state index in [-0.39, 0.29) is 12.5 Å². The minimum atomic E-state index is -0.942. The normalized spacial score (nSPS) is 11.0. The maximum absolute atomic E-state index is 11.5. The summed E-state index contributed by atoms with van der Waals surface area (Å²) in [7, 11) is 0. The summed E-state index contributed by atoms with van der Waals surface area (Å²) in [6, 6.07) is -0.364. The topological polar surface area (TPSA) is 91.3 Å². The number of nitrogens with zero attached hydrogens (tertiary/aromatic N) is 1. The molecule has 1 rings (SSSR count). The highest BCUT2D eigenvalue weighted by Gasteiger charge is 2.23. The van der Waals surface area contributed by atoms with Gasteiger partial charge in [0, 0.05) is 23.9 Å². The van der Waals surface area contributed by atoms with Crippen LogP contribution in [0.4, 0.5) is 4.79 Å². The predicted octanol–water partition coefficient (Wildman–Crippen LogP) is 1.24. The number of thiazole rings is 1. The van der Waals surface area contributed by atoms with E-state index in [1.807, 2.05) is 5.38 Å². The fourth-order valence-corrected chi connectivity index (χ4v) is 2.03.